The third-order valence-corrected chi connectivity index (χ3v) is 5.69. The van der Waals surface area contributed by atoms with Gasteiger partial charge in [0.05, 0.1) is 23.6 Å². The first-order valence-electron chi connectivity index (χ1n) is 10.1. The number of hydrogen-bond donors (Lipinski definition) is 1. The summed E-state index contributed by atoms with van der Waals surface area (Å²) in [6, 6.07) is 8.77. The molecule has 162 valence electrons. The van der Waals surface area contributed by atoms with E-state index in [1.54, 1.807) is 42.1 Å². The molecule has 1 atom stereocenters. The van der Waals surface area contributed by atoms with Crippen molar-refractivity contribution in [2.45, 2.75) is 33.7 Å². The molecule has 0 aliphatic rings. The van der Waals surface area contributed by atoms with Crippen LogP contribution >= 0.6 is 11.3 Å². The minimum Gasteiger partial charge on any atom is -0.457 e. The van der Waals surface area contributed by atoms with Crippen LogP contribution in [0.5, 0.6) is 11.5 Å². The van der Waals surface area contributed by atoms with Crippen LogP contribution in [0.3, 0.4) is 0 Å². The summed E-state index contributed by atoms with van der Waals surface area (Å²) in [5.74, 6) is 0.972. The summed E-state index contributed by atoms with van der Waals surface area (Å²) in [6.07, 6.45) is 6.87. The van der Waals surface area contributed by atoms with E-state index in [2.05, 4.69) is 25.3 Å². The highest BCUT2D eigenvalue weighted by molar-refractivity contribution is 7.14. The van der Waals surface area contributed by atoms with Crippen molar-refractivity contribution >= 4 is 17.2 Å². The van der Waals surface area contributed by atoms with Crippen LogP contribution in [0, 0.1) is 20.8 Å². The van der Waals surface area contributed by atoms with Gasteiger partial charge in [-0.2, -0.15) is 0 Å². The fraction of sp³-hybridized carbons (Fsp3) is 0.208. The van der Waals surface area contributed by atoms with Crippen molar-refractivity contribution in [2.75, 3.05) is 0 Å². The molecule has 1 N–H and O–H groups in total. The molecule has 8 heteroatoms. The zero-order valence-corrected chi connectivity index (χ0v) is 19.1. The topological polar surface area (TPSA) is 89.9 Å². The van der Waals surface area contributed by atoms with Gasteiger partial charge in [0.25, 0.3) is 5.91 Å². The molecule has 0 radical (unpaired) electrons. The van der Waals surface area contributed by atoms with Crippen molar-refractivity contribution < 1.29 is 9.53 Å². The van der Waals surface area contributed by atoms with E-state index in [-0.39, 0.29) is 11.9 Å². The molecule has 0 fully saturated rings. The Bertz CT molecular complexity index is 1250. The van der Waals surface area contributed by atoms with Crippen LogP contribution in [0.25, 0.3) is 10.6 Å². The standard InChI is InChI=1S/C24H23N5O2S/c1-14-7-20(5-6-25-14)31-21-9-18(8-19(10-21)24-28-12-16(3)32-24)23(30)29-17(4)22-13-26-15(2)11-27-22/h5-13,17H,1-4H3,(H,29,30)/t17-/m1/s1. The molecule has 1 amide bonds. The molecule has 0 spiro atoms. The molecule has 4 rings (SSSR count). The number of aryl methyl sites for hydroxylation is 3. The van der Waals surface area contributed by atoms with Gasteiger partial charge in [0.2, 0.25) is 0 Å². The van der Waals surface area contributed by atoms with Crippen molar-refractivity contribution in [1.29, 1.82) is 0 Å². The lowest BCUT2D eigenvalue weighted by Crippen LogP contribution is -2.27. The normalized spacial score (nSPS) is 11.8. The molecule has 0 saturated carbocycles. The fourth-order valence-corrected chi connectivity index (χ4v) is 3.85. The Morgan fingerprint density at radius 1 is 0.938 bits per heavy atom. The van der Waals surface area contributed by atoms with Gasteiger partial charge >= 0.3 is 0 Å². The summed E-state index contributed by atoms with van der Waals surface area (Å²) in [5, 5.41) is 3.82. The van der Waals surface area contributed by atoms with E-state index in [4.69, 9.17) is 4.74 Å². The zero-order chi connectivity index (χ0) is 22.7. The summed E-state index contributed by atoms with van der Waals surface area (Å²) in [7, 11) is 0. The zero-order valence-electron chi connectivity index (χ0n) is 18.3. The van der Waals surface area contributed by atoms with Crippen molar-refractivity contribution in [3.63, 3.8) is 0 Å². The van der Waals surface area contributed by atoms with Crippen LogP contribution in [0.2, 0.25) is 0 Å². The second kappa shape index (κ2) is 9.23. The number of benzene rings is 1. The number of nitrogens with zero attached hydrogens (tertiary/aromatic N) is 4. The summed E-state index contributed by atoms with van der Waals surface area (Å²) in [6.45, 7) is 7.65. The fourth-order valence-electron chi connectivity index (χ4n) is 3.10. The van der Waals surface area contributed by atoms with Crippen molar-refractivity contribution in [3.05, 3.63) is 82.6 Å². The molecule has 0 saturated heterocycles. The molecular weight excluding hydrogens is 422 g/mol. The number of thiazole rings is 1. The van der Waals surface area contributed by atoms with Crippen molar-refractivity contribution in [2.24, 2.45) is 0 Å². The van der Waals surface area contributed by atoms with E-state index in [0.29, 0.717) is 22.8 Å². The Morgan fingerprint density at radius 3 is 2.47 bits per heavy atom. The first kappa shape index (κ1) is 21.6. The Balaban J connectivity index is 1.65. The summed E-state index contributed by atoms with van der Waals surface area (Å²) < 4.78 is 6.06. The highest BCUT2D eigenvalue weighted by Gasteiger charge is 2.16. The molecule has 0 unspecified atom stereocenters. The van der Waals surface area contributed by atoms with Gasteiger partial charge in [0.1, 0.15) is 16.5 Å². The first-order chi connectivity index (χ1) is 15.4. The van der Waals surface area contributed by atoms with Crippen molar-refractivity contribution in [3.8, 4) is 22.1 Å². The molecule has 7 nitrogen and oxygen atoms in total. The summed E-state index contributed by atoms with van der Waals surface area (Å²) in [5.41, 5.74) is 3.66. The third kappa shape index (κ3) is 5.15. The average Bonchev–Trinajstić information content (AvgIpc) is 3.20. The molecule has 0 aliphatic carbocycles. The monoisotopic (exact) mass is 445 g/mol. The Kier molecular flexibility index (Phi) is 6.23. The van der Waals surface area contributed by atoms with Crippen LogP contribution in [0.15, 0.2) is 55.1 Å². The Hall–Kier alpha value is -3.65. The molecule has 32 heavy (non-hydrogen) atoms. The number of rotatable bonds is 6. The summed E-state index contributed by atoms with van der Waals surface area (Å²) >= 11 is 1.56. The van der Waals surface area contributed by atoms with Gasteiger partial charge in [0.15, 0.2) is 0 Å². The average molecular weight is 446 g/mol. The van der Waals surface area contributed by atoms with E-state index in [1.165, 1.54) is 0 Å². The molecule has 1 aromatic carbocycles. The maximum atomic E-state index is 13.1. The smallest absolute Gasteiger partial charge is 0.251 e. The summed E-state index contributed by atoms with van der Waals surface area (Å²) in [4.78, 5) is 31.5. The van der Waals surface area contributed by atoms with Crippen molar-refractivity contribution in [1.82, 2.24) is 25.3 Å². The number of pyridine rings is 1. The predicted octanol–water partition coefficient (Wildman–Crippen LogP) is 5.20. The Labute approximate surface area is 190 Å². The highest BCUT2D eigenvalue weighted by Crippen LogP contribution is 2.32. The van der Waals surface area contributed by atoms with Gasteiger partial charge in [-0.15, -0.1) is 11.3 Å². The number of carbonyl (C=O) groups is 1. The second-order valence-electron chi connectivity index (χ2n) is 7.53. The molecule has 4 aromatic rings. The van der Waals surface area contributed by atoms with E-state index in [0.717, 1.165) is 26.8 Å². The van der Waals surface area contributed by atoms with Crippen LogP contribution in [-0.2, 0) is 0 Å². The lowest BCUT2D eigenvalue weighted by Gasteiger charge is -2.15. The lowest BCUT2D eigenvalue weighted by atomic mass is 10.1. The third-order valence-electron chi connectivity index (χ3n) is 4.73. The number of hydrogen-bond acceptors (Lipinski definition) is 7. The van der Waals surface area contributed by atoms with Gasteiger partial charge in [0, 0.05) is 46.4 Å². The van der Waals surface area contributed by atoms with Gasteiger partial charge in [-0.25, -0.2) is 4.98 Å². The molecule has 3 aromatic heterocycles. The van der Waals surface area contributed by atoms with Gasteiger partial charge < -0.3 is 10.1 Å². The van der Waals surface area contributed by atoms with Gasteiger partial charge in [-0.3, -0.25) is 19.7 Å². The minimum atomic E-state index is -0.298. The van der Waals surface area contributed by atoms with E-state index >= 15 is 0 Å². The second-order valence-corrected chi connectivity index (χ2v) is 8.77. The number of nitrogens with one attached hydrogen (secondary N) is 1. The van der Waals surface area contributed by atoms with Gasteiger partial charge in [-0.1, -0.05) is 0 Å². The maximum Gasteiger partial charge on any atom is 0.251 e. The van der Waals surface area contributed by atoms with Crippen LogP contribution < -0.4 is 10.1 Å². The molecule has 3 heterocycles. The van der Waals surface area contributed by atoms with Gasteiger partial charge in [-0.05, 0) is 52.0 Å². The number of ether oxygens (including phenoxy) is 1. The van der Waals surface area contributed by atoms with Crippen LogP contribution in [-0.4, -0.2) is 25.8 Å². The van der Waals surface area contributed by atoms with E-state index < -0.39 is 0 Å². The number of aromatic nitrogens is 4. The number of carbonyl (C=O) groups excluding carboxylic acids is 1. The highest BCUT2D eigenvalue weighted by atomic mass is 32.1. The molecule has 0 aliphatic heterocycles. The van der Waals surface area contributed by atoms with Crippen LogP contribution in [0.1, 0.15) is 45.3 Å². The SMILES string of the molecule is Cc1cnc([C@@H](C)NC(=O)c2cc(Oc3ccnc(C)c3)cc(-c3ncc(C)s3)c2)cn1. The Morgan fingerprint density at radius 2 is 1.78 bits per heavy atom. The largest absolute Gasteiger partial charge is 0.457 e. The number of amides is 1. The lowest BCUT2D eigenvalue weighted by molar-refractivity contribution is 0.0939. The quantitative estimate of drug-likeness (QED) is 0.438. The van der Waals surface area contributed by atoms with E-state index in [1.807, 2.05) is 52.1 Å². The maximum absolute atomic E-state index is 13.1. The van der Waals surface area contributed by atoms with E-state index in [9.17, 15) is 4.79 Å². The first-order valence-corrected chi connectivity index (χ1v) is 11.0. The minimum absolute atomic E-state index is 0.231. The predicted molar refractivity (Wildman–Crippen MR) is 124 cm³/mol. The molecule has 0 bridgehead atoms. The van der Waals surface area contributed by atoms with Crippen LogP contribution in [0.4, 0.5) is 0 Å². The molecular formula is C24H23N5O2S.